The zero-order valence-electron chi connectivity index (χ0n) is 23.9. The number of benzene rings is 4. The summed E-state index contributed by atoms with van der Waals surface area (Å²) >= 11 is 0. The molecule has 0 heterocycles. The Morgan fingerprint density at radius 1 is 0.822 bits per heavy atom. The molecule has 0 unspecified atom stereocenters. The zero-order chi connectivity index (χ0) is 32.8. The van der Waals surface area contributed by atoms with Crippen molar-refractivity contribution in [3.05, 3.63) is 60.7 Å². The lowest BCUT2D eigenvalue weighted by atomic mass is 10.1. The summed E-state index contributed by atoms with van der Waals surface area (Å²) in [5.41, 5.74) is 6.27. The average molecular weight is 661 g/mol. The number of phenolic OH excluding ortho intramolecular Hbond substituents is 1. The van der Waals surface area contributed by atoms with Crippen molar-refractivity contribution < 1.29 is 41.1 Å². The Hall–Kier alpha value is -4.52. The van der Waals surface area contributed by atoms with Gasteiger partial charge in [0.05, 0.1) is 24.2 Å². The Balaban J connectivity index is 1.82. The van der Waals surface area contributed by atoms with Crippen molar-refractivity contribution in [2.75, 3.05) is 18.9 Å². The van der Waals surface area contributed by atoms with E-state index in [1.165, 1.54) is 54.6 Å². The molecule has 0 aliphatic carbocycles. The molecule has 0 aliphatic heterocycles. The Bertz CT molecular complexity index is 1930. The van der Waals surface area contributed by atoms with E-state index in [1.54, 1.807) is 19.9 Å². The van der Waals surface area contributed by atoms with Gasteiger partial charge in [-0.1, -0.05) is 12.1 Å². The number of hydrogen-bond donors (Lipinski definition) is 5. The number of rotatable bonds is 13. The summed E-state index contributed by atoms with van der Waals surface area (Å²) in [6, 6.07) is 14.5. The number of hydrogen-bond acceptors (Lipinski definition) is 17. The summed E-state index contributed by atoms with van der Waals surface area (Å²) in [5, 5.41) is 28.2. The molecule has 0 atom stereocenters. The number of ether oxygens (including phenoxy) is 2. The fourth-order valence-corrected chi connectivity index (χ4v) is 5.62. The molecule has 4 rings (SSSR count). The first-order chi connectivity index (χ1) is 21.5. The molecule has 19 heteroatoms. The third-order valence-corrected chi connectivity index (χ3v) is 8.64. The number of aromatic hydroxyl groups is 1. The van der Waals surface area contributed by atoms with Gasteiger partial charge in [-0.2, -0.15) is 23.7 Å². The SMILES string of the molecule is CCOc1cc(N=Nc2c(S(=O)(=O)ON)cc3ccc(N)cc3c2O)c(OCC)cc1N=Nc1cccc(P(=O)(ON)ON)c1. The fraction of sp³-hybridized carbons (Fsp3) is 0.154. The maximum atomic E-state index is 12.7. The highest BCUT2D eigenvalue weighted by molar-refractivity contribution is 7.86. The first kappa shape index (κ1) is 33.4. The van der Waals surface area contributed by atoms with Gasteiger partial charge in [0.25, 0.3) is 0 Å². The van der Waals surface area contributed by atoms with Gasteiger partial charge in [0.2, 0.25) is 0 Å². The van der Waals surface area contributed by atoms with Crippen LogP contribution in [0.1, 0.15) is 13.8 Å². The number of fused-ring (bicyclic) bond motifs is 1. The molecule has 0 aromatic heterocycles. The zero-order valence-corrected chi connectivity index (χ0v) is 25.6. The molecule has 0 saturated heterocycles. The molecule has 17 nitrogen and oxygen atoms in total. The minimum atomic E-state index is -4.55. The molecule has 0 amide bonds. The highest BCUT2D eigenvalue weighted by atomic mass is 32.2. The molecule has 4 aromatic rings. The van der Waals surface area contributed by atoms with E-state index in [2.05, 4.69) is 34.0 Å². The molecule has 0 fully saturated rings. The third kappa shape index (κ3) is 7.25. The predicted octanol–water partition coefficient (Wildman–Crippen LogP) is 4.93. The quantitative estimate of drug-likeness (QED) is 0.0551. The van der Waals surface area contributed by atoms with Crippen molar-refractivity contribution in [3.8, 4) is 17.2 Å². The predicted molar refractivity (Wildman–Crippen MR) is 164 cm³/mol. The van der Waals surface area contributed by atoms with E-state index < -0.39 is 34.0 Å². The van der Waals surface area contributed by atoms with E-state index in [0.717, 1.165) is 0 Å². The first-order valence-corrected chi connectivity index (χ1v) is 15.9. The Kier molecular flexibility index (Phi) is 10.4. The van der Waals surface area contributed by atoms with Crippen LogP contribution >= 0.6 is 7.60 Å². The summed E-state index contributed by atoms with van der Waals surface area (Å²) in [4.78, 5) is -0.538. The Morgan fingerprint density at radius 2 is 1.44 bits per heavy atom. The maximum absolute atomic E-state index is 12.7. The third-order valence-electron chi connectivity index (χ3n) is 6.07. The highest BCUT2D eigenvalue weighted by Gasteiger charge is 2.27. The number of nitrogens with two attached hydrogens (primary N) is 4. The van der Waals surface area contributed by atoms with E-state index in [0.29, 0.717) is 11.1 Å². The lowest BCUT2D eigenvalue weighted by Gasteiger charge is -2.13. The van der Waals surface area contributed by atoms with Crippen molar-refractivity contribution in [1.29, 1.82) is 0 Å². The molecule has 0 aliphatic rings. The van der Waals surface area contributed by atoms with Gasteiger partial charge in [-0.25, -0.2) is 21.0 Å². The first-order valence-electron chi connectivity index (χ1n) is 12.9. The number of nitrogen functional groups attached to an aromatic ring is 1. The number of anilines is 1. The normalized spacial score (nSPS) is 12.4. The van der Waals surface area contributed by atoms with Gasteiger partial charge in [-0.05, 0) is 55.6 Å². The second-order valence-corrected chi connectivity index (χ2v) is 12.4. The van der Waals surface area contributed by atoms with Crippen molar-refractivity contribution in [1.82, 2.24) is 0 Å². The second kappa shape index (κ2) is 14.1. The lowest BCUT2D eigenvalue weighted by Crippen LogP contribution is -2.15. The summed E-state index contributed by atoms with van der Waals surface area (Å²) in [5.74, 6) is 15.0. The standard InChI is InChI=1S/C26H29N8O9PS/c1-3-39-22-14-21(33-34-25-24(45(37,38)43-30)10-15-8-9-16(27)11-19(15)26(25)35)23(40-4-2)13-20(22)32-31-17-6-5-7-18(12-17)44(36,41-28)42-29/h5-14,35H,3-4,27-30H2,1-2H3. The summed E-state index contributed by atoms with van der Waals surface area (Å²) in [6.45, 7) is 3.88. The van der Waals surface area contributed by atoms with Crippen molar-refractivity contribution >= 4 is 62.2 Å². The van der Waals surface area contributed by atoms with Gasteiger partial charge in [0, 0.05) is 23.2 Å². The average Bonchev–Trinajstić information content (AvgIpc) is 3.04. The number of phenols is 1. The van der Waals surface area contributed by atoms with Crippen LogP contribution in [0.3, 0.4) is 0 Å². The summed E-state index contributed by atoms with van der Waals surface area (Å²) in [6.07, 6.45) is 0. The molecule has 0 saturated carbocycles. The minimum Gasteiger partial charge on any atom is -0.505 e. The van der Waals surface area contributed by atoms with E-state index in [-0.39, 0.29) is 52.5 Å². The monoisotopic (exact) mass is 660 g/mol. The van der Waals surface area contributed by atoms with Crippen LogP contribution < -0.4 is 38.2 Å². The molecule has 45 heavy (non-hydrogen) atoms. The van der Waals surface area contributed by atoms with Crippen LogP contribution in [0.5, 0.6) is 17.2 Å². The van der Waals surface area contributed by atoms with Gasteiger partial charge in [-0.3, -0.25) is 4.57 Å². The van der Waals surface area contributed by atoms with Crippen LogP contribution in [0.25, 0.3) is 10.8 Å². The minimum absolute atomic E-state index is 0.0424. The molecule has 0 radical (unpaired) electrons. The molecule has 9 N–H and O–H groups in total. The number of nitrogens with zero attached hydrogens (tertiary/aromatic N) is 4. The van der Waals surface area contributed by atoms with E-state index in [9.17, 15) is 18.1 Å². The number of azo groups is 2. The second-order valence-electron chi connectivity index (χ2n) is 8.88. The Labute approximate surface area is 256 Å². The van der Waals surface area contributed by atoms with Gasteiger partial charge >= 0.3 is 17.7 Å². The van der Waals surface area contributed by atoms with Gasteiger partial charge in [0.1, 0.15) is 33.5 Å². The summed E-state index contributed by atoms with van der Waals surface area (Å²) in [7, 11) is -8.51. The van der Waals surface area contributed by atoms with Crippen molar-refractivity contribution in [2.45, 2.75) is 18.7 Å². The fourth-order valence-electron chi connectivity index (χ4n) is 4.02. The van der Waals surface area contributed by atoms with Crippen LogP contribution in [-0.2, 0) is 28.2 Å². The van der Waals surface area contributed by atoms with Crippen LogP contribution in [0.15, 0.2) is 86.0 Å². The molecular formula is C26H29N8O9PS. The highest BCUT2D eigenvalue weighted by Crippen LogP contribution is 2.46. The molecular weight excluding hydrogens is 631 g/mol. The smallest absolute Gasteiger partial charge is 0.393 e. The van der Waals surface area contributed by atoms with E-state index >= 15 is 0 Å². The van der Waals surface area contributed by atoms with Crippen molar-refractivity contribution in [2.24, 2.45) is 38.1 Å². The van der Waals surface area contributed by atoms with Crippen LogP contribution in [0.2, 0.25) is 0 Å². The van der Waals surface area contributed by atoms with Gasteiger partial charge in [-0.15, -0.1) is 15.3 Å². The van der Waals surface area contributed by atoms with Gasteiger partial charge < -0.3 is 20.3 Å². The van der Waals surface area contributed by atoms with E-state index in [1.807, 2.05) is 0 Å². The van der Waals surface area contributed by atoms with E-state index in [4.69, 9.17) is 32.9 Å². The molecule has 4 aromatic carbocycles. The maximum Gasteiger partial charge on any atom is 0.393 e. The topological polar surface area (TPSA) is 271 Å². The van der Waals surface area contributed by atoms with Crippen molar-refractivity contribution in [3.63, 3.8) is 0 Å². The lowest BCUT2D eigenvalue weighted by molar-refractivity contribution is 0.221. The largest absolute Gasteiger partial charge is 0.505 e. The van der Waals surface area contributed by atoms with Crippen LogP contribution in [0, 0.1) is 0 Å². The molecule has 0 spiro atoms. The molecule has 0 bridgehead atoms. The van der Waals surface area contributed by atoms with Crippen LogP contribution in [-0.4, -0.2) is 26.7 Å². The summed E-state index contributed by atoms with van der Waals surface area (Å²) < 4.78 is 62.4. The Morgan fingerprint density at radius 3 is 2.02 bits per heavy atom. The van der Waals surface area contributed by atoms with Gasteiger partial charge in [0.15, 0.2) is 5.75 Å². The molecule has 238 valence electrons. The van der Waals surface area contributed by atoms with Crippen LogP contribution in [0.4, 0.5) is 28.4 Å².